The fraction of sp³-hybridized carbons (Fsp3) is 0.600. The van der Waals surface area contributed by atoms with E-state index in [1.54, 1.807) is 7.05 Å². The second kappa shape index (κ2) is 2.14. The Bertz CT molecular complexity index is 155. The summed E-state index contributed by atoms with van der Waals surface area (Å²) in [7, 11) is 1.67. The summed E-state index contributed by atoms with van der Waals surface area (Å²) >= 11 is 0. The average Bonchev–Trinajstić information content (AvgIpc) is 1.80. The molecule has 1 amide bonds. The first-order valence-corrected chi connectivity index (χ1v) is 2.67. The van der Waals surface area contributed by atoms with Gasteiger partial charge < -0.3 is 10.0 Å². The van der Waals surface area contributed by atoms with Gasteiger partial charge in [0.15, 0.2) is 0 Å². The van der Waals surface area contributed by atoms with Crippen molar-refractivity contribution in [3.05, 3.63) is 0 Å². The number of carbonyl (C=O) groups excluding carboxylic acids is 1. The van der Waals surface area contributed by atoms with Gasteiger partial charge in [0.25, 0.3) is 5.91 Å². The second-order valence-electron chi connectivity index (χ2n) is 1.99. The fourth-order valence-corrected chi connectivity index (χ4v) is 0.585. The van der Waals surface area contributed by atoms with Gasteiger partial charge in [-0.15, -0.1) is 0 Å². The van der Waals surface area contributed by atoms with Crippen LogP contribution in [0.4, 0.5) is 0 Å². The van der Waals surface area contributed by atoms with E-state index in [9.17, 15) is 4.79 Å². The van der Waals surface area contributed by atoms with E-state index in [-0.39, 0.29) is 12.3 Å². The Morgan fingerprint density at radius 3 is 3.11 bits per heavy atom. The molecule has 0 aromatic heterocycles. The minimum absolute atomic E-state index is 0.104. The standard InChI is InChI=1S/C5H8N2O2/c1-7-3-6-4(8)2-5(7)9/h3,5,9H,2H2,1H3. The van der Waals surface area contributed by atoms with Crippen molar-refractivity contribution in [2.24, 2.45) is 4.99 Å². The molecule has 0 aromatic carbocycles. The van der Waals surface area contributed by atoms with Crippen LogP contribution in [0.25, 0.3) is 0 Å². The average molecular weight is 128 g/mol. The van der Waals surface area contributed by atoms with Crippen LogP contribution in [0.5, 0.6) is 0 Å². The lowest BCUT2D eigenvalue weighted by Crippen LogP contribution is -2.35. The van der Waals surface area contributed by atoms with Crippen molar-refractivity contribution >= 4 is 12.2 Å². The van der Waals surface area contributed by atoms with Crippen LogP contribution in [-0.2, 0) is 4.79 Å². The molecule has 1 heterocycles. The largest absolute Gasteiger partial charge is 0.373 e. The topological polar surface area (TPSA) is 52.9 Å². The molecule has 0 saturated heterocycles. The molecular weight excluding hydrogens is 120 g/mol. The number of amides is 1. The molecular formula is C5H8N2O2. The SMILES string of the molecule is CN1C=NC(=O)CC1O. The summed E-state index contributed by atoms with van der Waals surface area (Å²) in [5.74, 6) is -0.263. The Kier molecular flexibility index (Phi) is 1.48. The van der Waals surface area contributed by atoms with Gasteiger partial charge in [-0.3, -0.25) is 4.79 Å². The highest BCUT2D eigenvalue weighted by Gasteiger charge is 2.16. The minimum atomic E-state index is -0.685. The van der Waals surface area contributed by atoms with Gasteiger partial charge in [-0.05, 0) is 0 Å². The Morgan fingerprint density at radius 1 is 2.00 bits per heavy atom. The van der Waals surface area contributed by atoms with Crippen molar-refractivity contribution in [3.63, 3.8) is 0 Å². The first-order valence-electron chi connectivity index (χ1n) is 2.67. The van der Waals surface area contributed by atoms with Crippen molar-refractivity contribution in [2.45, 2.75) is 12.6 Å². The van der Waals surface area contributed by atoms with Gasteiger partial charge in [-0.25, -0.2) is 4.99 Å². The van der Waals surface area contributed by atoms with Gasteiger partial charge in [0, 0.05) is 7.05 Å². The highest BCUT2D eigenvalue weighted by Crippen LogP contribution is 2.02. The van der Waals surface area contributed by atoms with Crippen molar-refractivity contribution in [1.29, 1.82) is 0 Å². The summed E-state index contributed by atoms with van der Waals surface area (Å²) in [5.41, 5.74) is 0. The van der Waals surface area contributed by atoms with Gasteiger partial charge in [-0.1, -0.05) is 0 Å². The first-order chi connectivity index (χ1) is 4.20. The molecule has 0 saturated carbocycles. The molecule has 1 unspecified atom stereocenters. The molecule has 1 aliphatic rings. The van der Waals surface area contributed by atoms with E-state index in [1.165, 1.54) is 11.2 Å². The Labute approximate surface area is 52.8 Å². The van der Waals surface area contributed by atoms with E-state index >= 15 is 0 Å². The van der Waals surface area contributed by atoms with Gasteiger partial charge >= 0.3 is 0 Å². The molecule has 0 aromatic rings. The molecule has 50 valence electrons. The van der Waals surface area contributed by atoms with Gasteiger partial charge in [-0.2, -0.15) is 0 Å². The molecule has 0 bridgehead atoms. The van der Waals surface area contributed by atoms with Gasteiger partial charge in [0.05, 0.1) is 12.8 Å². The van der Waals surface area contributed by atoms with Crippen molar-refractivity contribution < 1.29 is 9.90 Å². The Morgan fingerprint density at radius 2 is 2.67 bits per heavy atom. The van der Waals surface area contributed by atoms with Crippen LogP contribution in [0, 0.1) is 0 Å². The third-order valence-electron chi connectivity index (χ3n) is 1.21. The number of aliphatic hydroxyl groups excluding tert-OH is 1. The highest BCUT2D eigenvalue weighted by molar-refractivity contribution is 5.86. The summed E-state index contributed by atoms with van der Waals surface area (Å²) in [6.07, 6.45) is 0.749. The van der Waals surface area contributed by atoms with Crippen molar-refractivity contribution in [2.75, 3.05) is 7.05 Å². The summed E-state index contributed by atoms with van der Waals surface area (Å²) < 4.78 is 0. The maximum absolute atomic E-state index is 10.4. The summed E-state index contributed by atoms with van der Waals surface area (Å²) in [6.45, 7) is 0. The van der Waals surface area contributed by atoms with Crippen LogP contribution in [0.3, 0.4) is 0 Å². The van der Waals surface area contributed by atoms with E-state index in [1.807, 2.05) is 0 Å². The number of carbonyl (C=O) groups is 1. The predicted molar refractivity (Wildman–Crippen MR) is 31.9 cm³/mol. The van der Waals surface area contributed by atoms with Gasteiger partial charge in [0.2, 0.25) is 0 Å². The summed E-state index contributed by atoms with van der Waals surface area (Å²) in [4.78, 5) is 15.4. The predicted octanol–water partition coefficient (Wildman–Crippen LogP) is -0.805. The van der Waals surface area contributed by atoms with Crippen LogP contribution < -0.4 is 0 Å². The summed E-state index contributed by atoms with van der Waals surface area (Å²) in [6, 6.07) is 0. The molecule has 0 aliphatic carbocycles. The normalized spacial score (nSPS) is 27.1. The maximum Gasteiger partial charge on any atom is 0.251 e. The zero-order valence-electron chi connectivity index (χ0n) is 5.11. The number of nitrogens with zero attached hydrogens (tertiary/aromatic N) is 2. The lowest BCUT2D eigenvalue weighted by molar-refractivity contribution is -0.122. The van der Waals surface area contributed by atoms with Crippen LogP contribution in [0.1, 0.15) is 6.42 Å². The van der Waals surface area contributed by atoms with Crippen molar-refractivity contribution in [3.8, 4) is 0 Å². The molecule has 4 heteroatoms. The maximum atomic E-state index is 10.4. The first kappa shape index (κ1) is 6.22. The number of rotatable bonds is 0. The van der Waals surface area contributed by atoms with Gasteiger partial charge in [0.1, 0.15) is 6.23 Å². The van der Waals surface area contributed by atoms with Crippen LogP contribution in [0.15, 0.2) is 4.99 Å². The van der Waals surface area contributed by atoms with E-state index in [4.69, 9.17) is 5.11 Å². The molecule has 0 spiro atoms. The number of aliphatic hydroxyl groups is 1. The lowest BCUT2D eigenvalue weighted by atomic mass is 10.3. The van der Waals surface area contributed by atoms with E-state index in [0.29, 0.717) is 0 Å². The minimum Gasteiger partial charge on any atom is -0.373 e. The number of hydrogen-bond acceptors (Lipinski definition) is 3. The monoisotopic (exact) mass is 128 g/mol. The smallest absolute Gasteiger partial charge is 0.251 e. The van der Waals surface area contributed by atoms with Crippen LogP contribution in [-0.4, -0.2) is 35.5 Å². The second-order valence-corrected chi connectivity index (χ2v) is 1.99. The molecule has 1 aliphatic heterocycles. The number of hydrogen-bond donors (Lipinski definition) is 1. The third-order valence-corrected chi connectivity index (χ3v) is 1.21. The Hall–Kier alpha value is -0.900. The molecule has 0 fully saturated rings. The van der Waals surface area contributed by atoms with Crippen LogP contribution >= 0.6 is 0 Å². The van der Waals surface area contributed by atoms with E-state index in [2.05, 4.69) is 4.99 Å². The Balaban J connectivity index is 2.65. The third kappa shape index (κ3) is 1.26. The van der Waals surface area contributed by atoms with E-state index in [0.717, 1.165) is 0 Å². The molecule has 9 heavy (non-hydrogen) atoms. The molecule has 1 rings (SSSR count). The van der Waals surface area contributed by atoms with Crippen LogP contribution in [0.2, 0.25) is 0 Å². The zero-order valence-corrected chi connectivity index (χ0v) is 5.11. The van der Waals surface area contributed by atoms with Crippen molar-refractivity contribution in [1.82, 2.24) is 4.90 Å². The number of aliphatic imine (C=N–C) groups is 1. The fourth-order valence-electron chi connectivity index (χ4n) is 0.585. The molecule has 1 atom stereocenters. The summed E-state index contributed by atoms with van der Waals surface area (Å²) in [5, 5.41) is 8.96. The molecule has 1 N–H and O–H groups in total. The molecule has 0 radical (unpaired) electrons. The quantitative estimate of drug-likeness (QED) is 0.464. The zero-order chi connectivity index (χ0) is 6.85. The molecule has 4 nitrogen and oxygen atoms in total. The highest BCUT2D eigenvalue weighted by atomic mass is 16.3. The van der Waals surface area contributed by atoms with E-state index < -0.39 is 6.23 Å². The lowest BCUT2D eigenvalue weighted by Gasteiger charge is -2.22.